The van der Waals surface area contributed by atoms with Gasteiger partial charge in [0, 0.05) is 27.7 Å². The van der Waals surface area contributed by atoms with E-state index >= 15 is 0 Å². The van der Waals surface area contributed by atoms with Gasteiger partial charge in [0.25, 0.3) is 0 Å². The minimum Gasteiger partial charge on any atom is -0.456 e. The summed E-state index contributed by atoms with van der Waals surface area (Å²) in [5.74, 6) is 0. The van der Waals surface area contributed by atoms with E-state index < -0.39 is 0 Å². The molecule has 2 nitrogen and oxygen atoms in total. The zero-order valence-corrected chi connectivity index (χ0v) is 27.4. The molecule has 9 aromatic rings. The lowest BCUT2D eigenvalue weighted by Crippen LogP contribution is -2.12. The average Bonchev–Trinajstić information content (AvgIpc) is 3.58. The van der Waals surface area contributed by atoms with Gasteiger partial charge < -0.3 is 9.32 Å². The van der Waals surface area contributed by atoms with Gasteiger partial charge in [-0.3, -0.25) is 0 Å². The van der Waals surface area contributed by atoms with Crippen molar-refractivity contribution in [1.29, 1.82) is 0 Å². The van der Waals surface area contributed by atoms with Gasteiger partial charge in [0.05, 0.1) is 5.69 Å². The topological polar surface area (TPSA) is 16.4 Å². The zero-order valence-electron chi connectivity index (χ0n) is 27.4. The highest BCUT2D eigenvalue weighted by molar-refractivity contribution is 6.12. The molecular formula is C48H33NO. The predicted molar refractivity (Wildman–Crippen MR) is 210 cm³/mol. The SMILES string of the molecule is c1ccc(-c2ccccc2-c2c(-c3ccccc3)cccc2N(c2ccccc2)c2ccc(-c3cccc4oc5ccccc5c34)cc2)cc1. The van der Waals surface area contributed by atoms with Gasteiger partial charge in [0.2, 0.25) is 0 Å². The summed E-state index contributed by atoms with van der Waals surface area (Å²) in [5, 5.41) is 2.28. The third kappa shape index (κ3) is 5.24. The fourth-order valence-corrected chi connectivity index (χ4v) is 7.25. The standard InChI is InChI=1S/C48H33NO/c1-4-16-34(17-5-1)39-22-10-11-23-42(39)47-40(35-18-6-2-7-19-35)25-14-27-44(47)49(37-20-8-3-9-21-37)38-32-30-36(31-33-38)41-26-15-29-46-48(41)43-24-12-13-28-45(43)50-46/h1-33H. The fourth-order valence-electron chi connectivity index (χ4n) is 7.25. The molecule has 0 bridgehead atoms. The quantitative estimate of drug-likeness (QED) is 0.173. The lowest BCUT2D eigenvalue weighted by Gasteiger charge is -2.30. The van der Waals surface area contributed by atoms with Gasteiger partial charge in [0.15, 0.2) is 0 Å². The Morgan fingerprint density at radius 3 is 1.56 bits per heavy atom. The molecule has 0 saturated heterocycles. The summed E-state index contributed by atoms with van der Waals surface area (Å²) in [6.45, 7) is 0. The van der Waals surface area contributed by atoms with Gasteiger partial charge in [0.1, 0.15) is 11.2 Å². The van der Waals surface area contributed by atoms with Crippen LogP contribution in [0.1, 0.15) is 0 Å². The van der Waals surface area contributed by atoms with Crippen molar-refractivity contribution in [1.82, 2.24) is 0 Å². The summed E-state index contributed by atoms with van der Waals surface area (Å²) in [4.78, 5) is 2.39. The first-order valence-electron chi connectivity index (χ1n) is 17.0. The van der Waals surface area contributed by atoms with Crippen molar-refractivity contribution in [3.63, 3.8) is 0 Å². The van der Waals surface area contributed by atoms with E-state index in [1.54, 1.807) is 0 Å². The molecule has 50 heavy (non-hydrogen) atoms. The summed E-state index contributed by atoms with van der Waals surface area (Å²) in [6, 6.07) is 71.1. The van der Waals surface area contributed by atoms with Crippen LogP contribution in [0.2, 0.25) is 0 Å². The maximum absolute atomic E-state index is 6.23. The lowest BCUT2D eigenvalue weighted by molar-refractivity contribution is 0.669. The second kappa shape index (κ2) is 12.8. The first-order chi connectivity index (χ1) is 24.8. The van der Waals surface area contributed by atoms with Crippen molar-refractivity contribution < 1.29 is 4.42 Å². The Kier molecular flexibility index (Phi) is 7.53. The van der Waals surface area contributed by atoms with Crippen LogP contribution >= 0.6 is 0 Å². The number of para-hydroxylation sites is 2. The van der Waals surface area contributed by atoms with Crippen molar-refractivity contribution in [2.24, 2.45) is 0 Å². The summed E-state index contributed by atoms with van der Waals surface area (Å²) >= 11 is 0. The Morgan fingerprint density at radius 1 is 0.320 bits per heavy atom. The molecule has 1 aromatic heterocycles. The average molecular weight is 640 g/mol. The van der Waals surface area contributed by atoms with E-state index in [1.165, 1.54) is 33.4 Å². The molecule has 0 amide bonds. The first kappa shape index (κ1) is 29.5. The second-order valence-electron chi connectivity index (χ2n) is 12.5. The van der Waals surface area contributed by atoms with Crippen LogP contribution in [0.25, 0.3) is 66.4 Å². The minimum absolute atomic E-state index is 0.901. The number of anilines is 3. The van der Waals surface area contributed by atoms with Gasteiger partial charge in [-0.25, -0.2) is 0 Å². The van der Waals surface area contributed by atoms with E-state index in [-0.39, 0.29) is 0 Å². The molecule has 236 valence electrons. The van der Waals surface area contributed by atoms with Crippen LogP contribution in [-0.4, -0.2) is 0 Å². The molecule has 0 aliphatic rings. The molecule has 0 unspecified atom stereocenters. The van der Waals surface area contributed by atoms with Crippen molar-refractivity contribution >= 4 is 39.0 Å². The van der Waals surface area contributed by atoms with Crippen LogP contribution in [0.15, 0.2) is 205 Å². The van der Waals surface area contributed by atoms with Crippen molar-refractivity contribution in [3.05, 3.63) is 200 Å². The summed E-state index contributed by atoms with van der Waals surface area (Å²) in [6.07, 6.45) is 0. The van der Waals surface area contributed by atoms with Crippen molar-refractivity contribution in [3.8, 4) is 44.5 Å². The van der Waals surface area contributed by atoms with E-state index in [0.29, 0.717) is 0 Å². The number of hydrogen-bond acceptors (Lipinski definition) is 2. The number of benzene rings is 8. The normalized spacial score (nSPS) is 11.2. The Bertz CT molecular complexity index is 2570. The van der Waals surface area contributed by atoms with Gasteiger partial charge in [-0.2, -0.15) is 0 Å². The van der Waals surface area contributed by atoms with Crippen molar-refractivity contribution in [2.45, 2.75) is 0 Å². The molecular weight excluding hydrogens is 607 g/mol. The van der Waals surface area contributed by atoms with Crippen LogP contribution in [0, 0.1) is 0 Å². The van der Waals surface area contributed by atoms with Crippen LogP contribution in [0.3, 0.4) is 0 Å². The molecule has 0 fully saturated rings. The van der Waals surface area contributed by atoms with Gasteiger partial charge in [-0.05, 0) is 81.4 Å². The summed E-state index contributed by atoms with van der Waals surface area (Å²) in [7, 11) is 0. The summed E-state index contributed by atoms with van der Waals surface area (Å²) in [5.41, 5.74) is 14.5. The second-order valence-corrected chi connectivity index (χ2v) is 12.5. The molecule has 8 aromatic carbocycles. The van der Waals surface area contributed by atoms with E-state index in [1.807, 2.05) is 12.1 Å². The zero-order chi connectivity index (χ0) is 33.3. The minimum atomic E-state index is 0.901. The predicted octanol–water partition coefficient (Wildman–Crippen LogP) is 13.7. The first-order valence-corrected chi connectivity index (χ1v) is 17.0. The monoisotopic (exact) mass is 639 g/mol. The van der Waals surface area contributed by atoms with Crippen LogP contribution in [-0.2, 0) is 0 Å². The van der Waals surface area contributed by atoms with E-state index in [4.69, 9.17) is 4.42 Å². The third-order valence-corrected chi connectivity index (χ3v) is 9.50. The molecule has 0 atom stereocenters. The third-order valence-electron chi connectivity index (χ3n) is 9.50. The van der Waals surface area contributed by atoms with Crippen molar-refractivity contribution in [2.75, 3.05) is 4.90 Å². The Labute approximate surface area is 292 Å². The molecule has 0 spiro atoms. The van der Waals surface area contributed by atoms with Gasteiger partial charge >= 0.3 is 0 Å². The molecule has 0 saturated carbocycles. The molecule has 2 heteroatoms. The molecule has 1 heterocycles. The lowest BCUT2D eigenvalue weighted by atomic mass is 9.87. The van der Waals surface area contributed by atoms with E-state index in [0.717, 1.165) is 50.1 Å². The Balaban J connectivity index is 1.26. The smallest absolute Gasteiger partial charge is 0.136 e. The fraction of sp³-hybridized carbons (Fsp3) is 0. The molecule has 0 aliphatic carbocycles. The Morgan fingerprint density at radius 2 is 0.820 bits per heavy atom. The number of fused-ring (bicyclic) bond motifs is 3. The number of nitrogens with zero attached hydrogens (tertiary/aromatic N) is 1. The van der Waals surface area contributed by atoms with Crippen LogP contribution in [0.5, 0.6) is 0 Å². The maximum atomic E-state index is 6.23. The number of hydrogen-bond donors (Lipinski definition) is 0. The maximum Gasteiger partial charge on any atom is 0.136 e. The van der Waals surface area contributed by atoms with Crippen LogP contribution in [0.4, 0.5) is 17.1 Å². The van der Waals surface area contributed by atoms with Gasteiger partial charge in [-0.15, -0.1) is 0 Å². The highest BCUT2D eigenvalue weighted by Gasteiger charge is 2.23. The largest absolute Gasteiger partial charge is 0.456 e. The number of rotatable bonds is 7. The molecule has 0 radical (unpaired) electrons. The highest BCUT2D eigenvalue weighted by atomic mass is 16.3. The molecule has 9 rings (SSSR count). The van der Waals surface area contributed by atoms with E-state index in [9.17, 15) is 0 Å². The molecule has 0 N–H and O–H groups in total. The van der Waals surface area contributed by atoms with E-state index in [2.05, 4.69) is 193 Å². The highest BCUT2D eigenvalue weighted by Crippen LogP contribution is 2.48. The summed E-state index contributed by atoms with van der Waals surface area (Å²) < 4.78 is 6.23. The van der Waals surface area contributed by atoms with Gasteiger partial charge in [-0.1, -0.05) is 158 Å². The number of furan rings is 1. The Hall–Kier alpha value is -6.64. The van der Waals surface area contributed by atoms with Crippen LogP contribution < -0.4 is 4.90 Å². The molecule has 0 aliphatic heterocycles.